The molecular formula is C29H29ClN2O5. The number of amides is 1. The second-order valence-electron chi connectivity index (χ2n) is 9.58. The standard InChI is InChI=1S/C29H29ClN2O5/c30-21-4-1-3-19(13-21)27(33)17-31-22-8-6-18-7-9-23(15-20(18)14-22)37-24-10-11-26(25(16-24)29(35)36)32-12-2-5-28(32)34/h1,3-4,7,9-11,13,15-16,22,27,31,33H,2,5-6,8,12,14,17H2,(H,35,36)/t22-,27+/m0/s1. The number of aliphatic hydroxyl groups excluding tert-OH is 1. The number of benzene rings is 3. The molecule has 7 nitrogen and oxygen atoms in total. The molecule has 0 radical (unpaired) electrons. The van der Waals surface area contributed by atoms with Gasteiger partial charge in [-0.1, -0.05) is 29.8 Å². The molecule has 1 amide bonds. The van der Waals surface area contributed by atoms with Crippen molar-refractivity contribution in [2.45, 2.75) is 44.2 Å². The van der Waals surface area contributed by atoms with Crippen LogP contribution in [0.4, 0.5) is 5.69 Å². The maximum absolute atomic E-state index is 12.1. The predicted octanol–water partition coefficient (Wildman–Crippen LogP) is 5.14. The Morgan fingerprint density at radius 2 is 1.89 bits per heavy atom. The van der Waals surface area contributed by atoms with Crippen LogP contribution >= 0.6 is 11.6 Å². The number of carbonyl (C=O) groups excluding carboxylic acids is 1. The molecule has 0 aromatic heterocycles. The monoisotopic (exact) mass is 520 g/mol. The first-order chi connectivity index (χ1) is 17.9. The van der Waals surface area contributed by atoms with E-state index in [2.05, 4.69) is 11.4 Å². The third-order valence-corrected chi connectivity index (χ3v) is 7.27. The van der Waals surface area contributed by atoms with E-state index in [0.29, 0.717) is 41.7 Å². The number of nitrogens with one attached hydrogen (secondary N) is 1. The molecule has 37 heavy (non-hydrogen) atoms. The zero-order chi connectivity index (χ0) is 25.9. The van der Waals surface area contributed by atoms with Crippen LogP contribution in [0.2, 0.25) is 5.02 Å². The SMILES string of the molecule is O=C(O)c1cc(Oc2ccc3c(c2)C[C@@H](NC[C@@H](O)c2cccc(Cl)c2)CC3)ccc1N1CCCC1=O. The molecular weight excluding hydrogens is 492 g/mol. The lowest BCUT2D eigenvalue weighted by atomic mass is 9.88. The average molecular weight is 521 g/mol. The summed E-state index contributed by atoms with van der Waals surface area (Å²) >= 11 is 6.05. The smallest absolute Gasteiger partial charge is 0.337 e. The molecule has 2 atom stereocenters. The molecule has 1 aliphatic heterocycles. The fraction of sp³-hybridized carbons (Fsp3) is 0.310. The van der Waals surface area contributed by atoms with Gasteiger partial charge < -0.3 is 25.2 Å². The first-order valence-corrected chi connectivity index (χ1v) is 12.9. The largest absolute Gasteiger partial charge is 0.478 e. The molecule has 2 aliphatic rings. The van der Waals surface area contributed by atoms with Gasteiger partial charge in [0, 0.05) is 30.6 Å². The summed E-state index contributed by atoms with van der Waals surface area (Å²) in [6.07, 6.45) is 3.20. The minimum atomic E-state index is -1.10. The van der Waals surface area contributed by atoms with E-state index in [9.17, 15) is 19.8 Å². The van der Waals surface area contributed by atoms with Gasteiger partial charge in [-0.2, -0.15) is 0 Å². The Bertz CT molecular complexity index is 1330. The van der Waals surface area contributed by atoms with Gasteiger partial charge >= 0.3 is 5.97 Å². The normalized spacial score (nSPS) is 17.9. The van der Waals surface area contributed by atoms with Crippen LogP contribution in [0.15, 0.2) is 60.7 Å². The maximum Gasteiger partial charge on any atom is 0.337 e. The lowest BCUT2D eigenvalue weighted by molar-refractivity contribution is -0.117. The molecule has 0 spiro atoms. The zero-order valence-corrected chi connectivity index (χ0v) is 21.1. The Hall–Kier alpha value is -3.39. The van der Waals surface area contributed by atoms with Crippen molar-refractivity contribution in [2.24, 2.45) is 0 Å². The fourth-order valence-electron chi connectivity index (χ4n) is 5.11. The molecule has 0 saturated carbocycles. The van der Waals surface area contributed by atoms with Crippen molar-refractivity contribution in [3.63, 3.8) is 0 Å². The molecule has 1 heterocycles. The van der Waals surface area contributed by atoms with Gasteiger partial charge in [0.2, 0.25) is 5.91 Å². The molecule has 8 heteroatoms. The number of hydrogen-bond acceptors (Lipinski definition) is 5. The first kappa shape index (κ1) is 25.3. The van der Waals surface area contributed by atoms with Crippen molar-refractivity contribution in [3.8, 4) is 11.5 Å². The summed E-state index contributed by atoms with van der Waals surface area (Å²) in [4.78, 5) is 25.6. The summed E-state index contributed by atoms with van der Waals surface area (Å²) in [5, 5.41) is 24.4. The Morgan fingerprint density at radius 1 is 1.08 bits per heavy atom. The van der Waals surface area contributed by atoms with Crippen LogP contribution in [0, 0.1) is 0 Å². The lowest BCUT2D eigenvalue weighted by Gasteiger charge is -2.27. The predicted molar refractivity (Wildman–Crippen MR) is 142 cm³/mol. The molecule has 1 saturated heterocycles. The van der Waals surface area contributed by atoms with E-state index in [-0.39, 0.29) is 17.5 Å². The van der Waals surface area contributed by atoms with Crippen molar-refractivity contribution in [3.05, 3.63) is 87.9 Å². The highest BCUT2D eigenvalue weighted by Crippen LogP contribution is 2.33. The zero-order valence-electron chi connectivity index (χ0n) is 20.3. The lowest BCUT2D eigenvalue weighted by Crippen LogP contribution is -2.37. The van der Waals surface area contributed by atoms with Crippen molar-refractivity contribution < 1.29 is 24.5 Å². The molecule has 192 valence electrons. The van der Waals surface area contributed by atoms with E-state index in [1.54, 1.807) is 24.3 Å². The number of halogens is 1. The molecule has 3 N–H and O–H groups in total. The Morgan fingerprint density at radius 3 is 2.65 bits per heavy atom. The van der Waals surface area contributed by atoms with E-state index in [0.717, 1.165) is 36.8 Å². The van der Waals surface area contributed by atoms with Crippen LogP contribution in [0.1, 0.15) is 52.4 Å². The van der Waals surface area contributed by atoms with Crippen LogP contribution in [0.3, 0.4) is 0 Å². The highest BCUT2D eigenvalue weighted by atomic mass is 35.5. The summed E-state index contributed by atoms with van der Waals surface area (Å²) in [5.74, 6) is -0.129. The summed E-state index contributed by atoms with van der Waals surface area (Å²) in [6.45, 7) is 0.954. The highest BCUT2D eigenvalue weighted by Gasteiger charge is 2.26. The second kappa shape index (κ2) is 10.9. The molecule has 1 fully saturated rings. The average Bonchev–Trinajstić information content (AvgIpc) is 3.32. The number of hydrogen-bond donors (Lipinski definition) is 3. The van der Waals surface area contributed by atoms with Gasteiger partial charge in [-0.3, -0.25) is 4.79 Å². The molecule has 3 aromatic carbocycles. The number of ether oxygens (including phenoxy) is 1. The van der Waals surface area contributed by atoms with Gasteiger partial charge in [-0.05, 0) is 84.8 Å². The Kier molecular flexibility index (Phi) is 7.46. The topological polar surface area (TPSA) is 99.1 Å². The van der Waals surface area contributed by atoms with Gasteiger partial charge in [-0.15, -0.1) is 0 Å². The van der Waals surface area contributed by atoms with Crippen LogP contribution in [-0.2, 0) is 17.6 Å². The number of carboxylic acids is 1. The molecule has 0 unspecified atom stereocenters. The molecule has 0 bridgehead atoms. The van der Waals surface area contributed by atoms with Crippen molar-refractivity contribution in [2.75, 3.05) is 18.0 Å². The van der Waals surface area contributed by atoms with Gasteiger partial charge in [0.25, 0.3) is 0 Å². The minimum Gasteiger partial charge on any atom is -0.478 e. The molecule has 5 rings (SSSR count). The number of fused-ring (bicyclic) bond motifs is 1. The van der Waals surface area contributed by atoms with Gasteiger partial charge in [-0.25, -0.2) is 4.79 Å². The van der Waals surface area contributed by atoms with Crippen LogP contribution in [-0.4, -0.2) is 41.2 Å². The van der Waals surface area contributed by atoms with E-state index >= 15 is 0 Å². The third-order valence-electron chi connectivity index (χ3n) is 7.04. The van der Waals surface area contributed by atoms with Crippen molar-refractivity contribution in [1.29, 1.82) is 0 Å². The fourth-order valence-corrected chi connectivity index (χ4v) is 5.30. The third kappa shape index (κ3) is 5.80. The van der Waals surface area contributed by atoms with Crippen molar-refractivity contribution >= 4 is 29.2 Å². The van der Waals surface area contributed by atoms with E-state index < -0.39 is 12.1 Å². The van der Waals surface area contributed by atoms with Gasteiger partial charge in [0.1, 0.15) is 11.5 Å². The first-order valence-electron chi connectivity index (χ1n) is 12.5. The van der Waals surface area contributed by atoms with Crippen molar-refractivity contribution in [1.82, 2.24) is 5.32 Å². The Balaban J connectivity index is 1.26. The minimum absolute atomic E-state index is 0.0493. The quantitative estimate of drug-likeness (QED) is 0.380. The number of nitrogens with zero attached hydrogens (tertiary/aromatic N) is 1. The number of aryl methyl sites for hydroxylation is 1. The number of aliphatic hydroxyl groups is 1. The second-order valence-corrected chi connectivity index (χ2v) is 10.0. The number of anilines is 1. The van der Waals surface area contributed by atoms with Crippen LogP contribution in [0.25, 0.3) is 0 Å². The van der Waals surface area contributed by atoms with Gasteiger partial charge in [0.15, 0.2) is 0 Å². The van der Waals surface area contributed by atoms with E-state index in [1.165, 1.54) is 16.5 Å². The number of carboxylic acid groups (broad SMARTS) is 1. The number of rotatable bonds is 8. The van der Waals surface area contributed by atoms with Crippen LogP contribution in [0.5, 0.6) is 11.5 Å². The summed E-state index contributed by atoms with van der Waals surface area (Å²) in [7, 11) is 0. The molecule has 3 aromatic rings. The summed E-state index contributed by atoms with van der Waals surface area (Å²) < 4.78 is 6.04. The molecule has 1 aliphatic carbocycles. The summed E-state index contributed by atoms with van der Waals surface area (Å²) in [6, 6.07) is 18.2. The number of aromatic carboxylic acids is 1. The maximum atomic E-state index is 12.1. The highest BCUT2D eigenvalue weighted by molar-refractivity contribution is 6.30. The summed E-state index contributed by atoms with van der Waals surface area (Å²) in [5.41, 5.74) is 3.66. The van der Waals surface area contributed by atoms with E-state index in [1.807, 2.05) is 24.3 Å². The Labute approximate surface area is 220 Å². The number of carbonyl (C=O) groups is 2. The van der Waals surface area contributed by atoms with Gasteiger partial charge in [0.05, 0.1) is 17.4 Å². The van der Waals surface area contributed by atoms with Crippen LogP contribution < -0.4 is 15.0 Å². The van der Waals surface area contributed by atoms with E-state index in [4.69, 9.17) is 16.3 Å².